The maximum Gasteiger partial charge on any atom is 0.338 e. The number of aliphatic hydroxyl groups is 1. The van der Waals surface area contributed by atoms with Crippen LogP contribution in [0.25, 0.3) is 0 Å². The van der Waals surface area contributed by atoms with Gasteiger partial charge in [-0.05, 0) is 134 Å². The van der Waals surface area contributed by atoms with E-state index in [0.29, 0.717) is 43.2 Å². The number of aliphatic hydroxyl groups excluding tert-OH is 1. The Morgan fingerprint density at radius 3 is 2.22 bits per heavy atom. The quantitative estimate of drug-likeness (QED) is 0.223. The van der Waals surface area contributed by atoms with Crippen molar-refractivity contribution in [1.82, 2.24) is 4.90 Å². The number of hydrogen-bond donors (Lipinski definition) is 2. The van der Waals surface area contributed by atoms with E-state index < -0.39 is 66.8 Å². The summed E-state index contributed by atoms with van der Waals surface area (Å²) in [6.07, 6.45) is 2.70. The van der Waals surface area contributed by atoms with Crippen molar-refractivity contribution in [3.8, 4) is 0 Å². The maximum absolute atomic E-state index is 15.2. The van der Waals surface area contributed by atoms with E-state index in [0.717, 1.165) is 24.9 Å². The van der Waals surface area contributed by atoms with Crippen LogP contribution in [-0.4, -0.2) is 149 Å². The molecule has 2 saturated carbocycles. The van der Waals surface area contributed by atoms with E-state index in [1.165, 1.54) is 0 Å². The molecule has 7 rings (SSSR count). The first kappa shape index (κ1) is 49.9. The van der Waals surface area contributed by atoms with E-state index in [4.69, 9.17) is 42.6 Å². The van der Waals surface area contributed by atoms with Crippen molar-refractivity contribution in [3.05, 3.63) is 41.5 Å². The van der Waals surface area contributed by atoms with Crippen LogP contribution in [0.2, 0.25) is 0 Å². The number of carbonyl (C=O) groups excluding carboxylic acids is 3. The molecule has 2 N–H and O–H groups in total. The zero-order chi connectivity index (χ0) is 46.7. The Kier molecular flexibility index (Phi) is 16.9. The Bertz CT molecular complexity index is 1790. The zero-order valence-electron chi connectivity index (χ0n) is 40.2. The standard InChI is InChI=1S/C50H76N2O13/c1-11-31-14-13-15-39(65-41-21-20-38(52(6)7)27(4)61-41)26(3)44(54)37-24-34-33-22-32(64-50-48(59-10)47(58-9)46(57-8)28(5)62-50)23-36(33)43(45(55)42(34)35(37)25-40(53)63-31)51-30-18-16-29(17-19-30)49(56)60-12-2/h16-19,24,26-28,31-36,38-39,41-43,45-48,50-51,55H,11-15,20-23,25H2,1-10H3/t26-,27?,28?,31+,32+,33+,34+,35-,36-,38+,39+,41+,42-,43+,45+,46+,47?,48+,50+/m1/s1. The highest BCUT2D eigenvalue weighted by Gasteiger charge is 2.60. The van der Waals surface area contributed by atoms with Crippen LogP contribution in [0.3, 0.4) is 0 Å². The largest absolute Gasteiger partial charge is 0.462 e. The lowest BCUT2D eigenvalue weighted by atomic mass is 9.62. The number of benzene rings is 1. The Balaban J connectivity index is 1.21. The predicted octanol–water partition coefficient (Wildman–Crippen LogP) is 5.95. The third-order valence-corrected chi connectivity index (χ3v) is 15.6. The molecule has 65 heavy (non-hydrogen) atoms. The summed E-state index contributed by atoms with van der Waals surface area (Å²) >= 11 is 0. The van der Waals surface area contributed by atoms with E-state index in [9.17, 15) is 14.7 Å². The molecular formula is C50H76N2O13. The number of nitrogens with zero attached hydrogens (tertiary/aromatic N) is 1. The molecule has 3 unspecified atom stereocenters. The van der Waals surface area contributed by atoms with Crippen LogP contribution in [0.5, 0.6) is 0 Å². The van der Waals surface area contributed by atoms with Crippen LogP contribution in [0.4, 0.5) is 5.69 Å². The van der Waals surface area contributed by atoms with Gasteiger partial charge in [-0.2, -0.15) is 0 Å². The number of likely N-dealkylation sites (N-methyl/N-ethyl adjacent to an activating group) is 1. The lowest BCUT2D eigenvalue weighted by Gasteiger charge is -2.47. The second kappa shape index (κ2) is 22.0. The molecule has 15 heteroatoms. The SMILES string of the molecule is CCOC(=O)c1ccc(N[C@@H]2[C@@H](O)[C@@H]3[C@@H](C=C4C(=O)[C@H](C)[C@@H](O[C@H]5CC[C@H](N(C)C)C(C)O5)CCC[C@H](CC)OC(=O)C[C@H]43)[C@@H]3C[C@H](O[C@@H]4OC(C)[C@H](OC)C(OC)[C@@H]4OC)C[C@H]32)cc1. The van der Waals surface area contributed by atoms with Gasteiger partial charge in [0.05, 0.1) is 55.2 Å². The Morgan fingerprint density at radius 2 is 1.57 bits per heavy atom. The number of fused-ring (bicyclic) bond motifs is 5. The van der Waals surface area contributed by atoms with Crippen molar-refractivity contribution in [1.29, 1.82) is 0 Å². The van der Waals surface area contributed by atoms with Gasteiger partial charge in [-0.1, -0.05) is 19.9 Å². The molecule has 364 valence electrons. The molecule has 19 atom stereocenters. The van der Waals surface area contributed by atoms with Gasteiger partial charge >= 0.3 is 11.9 Å². The Hall–Kier alpha value is -2.99. The highest BCUT2D eigenvalue weighted by molar-refractivity contribution is 5.99. The lowest BCUT2D eigenvalue weighted by Crippen LogP contribution is -2.59. The van der Waals surface area contributed by atoms with E-state index in [1.807, 2.05) is 32.9 Å². The highest BCUT2D eigenvalue weighted by atomic mass is 16.7. The number of carbonyl (C=O) groups is 3. The minimum Gasteiger partial charge on any atom is -0.462 e. The number of ketones is 1. The van der Waals surface area contributed by atoms with E-state index in [2.05, 4.69) is 37.3 Å². The fraction of sp³-hybridized carbons (Fsp3) is 0.780. The number of ether oxygens (including phenoxy) is 9. The summed E-state index contributed by atoms with van der Waals surface area (Å²) in [5, 5.41) is 16.5. The Labute approximate surface area is 385 Å². The molecule has 6 aliphatic rings. The topological polar surface area (TPSA) is 170 Å². The van der Waals surface area contributed by atoms with Crippen LogP contribution in [-0.2, 0) is 52.2 Å². The molecule has 5 fully saturated rings. The minimum absolute atomic E-state index is 0.0274. The fourth-order valence-corrected chi connectivity index (χ4v) is 12.3. The average Bonchev–Trinajstić information content (AvgIpc) is 3.87. The summed E-state index contributed by atoms with van der Waals surface area (Å²) in [7, 11) is 9.00. The van der Waals surface area contributed by atoms with Gasteiger partial charge in [-0.3, -0.25) is 9.59 Å². The number of allylic oxidation sites excluding steroid dienone is 2. The number of methoxy groups -OCH3 is 3. The maximum atomic E-state index is 15.2. The molecule has 0 amide bonds. The molecule has 0 radical (unpaired) electrons. The van der Waals surface area contributed by atoms with Crippen molar-refractivity contribution in [3.63, 3.8) is 0 Å². The molecular weight excluding hydrogens is 837 g/mol. The predicted molar refractivity (Wildman–Crippen MR) is 241 cm³/mol. The highest BCUT2D eigenvalue weighted by Crippen LogP contribution is 2.57. The van der Waals surface area contributed by atoms with Crippen molar-refractivity contribution < 1.29 is 62.1 Å². The number of esters is 2. The summed E-state index contributed by atoms with van der Waals surface area (Å²) in [5.41, 5.74) is 1.71. The molecule has 3 aliphatic carbocycles. The van der Waals surface area contributed by atoms with Gasteiger partial charge in [0.25, 0.3) is 0 Å². The van der Waals surface area contributed by atoms with Crippen molar-refractivity contribution in [2.24, 2.45) is 35.5 Å². The van der Waals surface area contributed by atoms with Gasteiger partial charge in [0.1, 0.15) is 24.4 Å². The molecule has 15 nitrogen and oxygen atoms in total. The van der Waals surface area contributed by atoms with Crippen LogP contribution < -0.4 is 5.32 Å². The van der Waals surface area contributed by atoms with Crippen LogP contribution in [0.15, 0.2) is 35.9 Å². The van der Waals surface area contributed by atoms with Gasteiger partial charge in [-0.15, -0.1) is 0 Å². The number of rotatable bonds is 13. The zero-order valence-corrected chi connectivity index (χ0v) is 40.2. The normalized spacial score (nSPS) is 41.3. The second-order valence-electron chi connectivity index (χ2n) is 19.6. The lowest BCUT2D eigenvalue weighted by molar-refractivity contribution is -0.314. The van der Waals surface area contributed by atoms with Crippen molar-refractivity contribution >= 4 is 23.4 Å². The number of nitrogens with one attached hydrogen (secondary N) is 1. The minimum atomic E-state index is -0.971. The van der Waals surface area contributed by atoms with Crippen LogP contribution >= 0.6 is 0 Å². The Morgan fingerprint density at radius 1 is 0.862 bits per heavy atom. The second-order valence-corrected chi connectivity index (χ2v) is 19.6. The molecule has 1 aromatic carbocycles. The van der Waals surface area contributed by atoms with Gasteiger partial charge in [0.2, 0.25) is 0 Å². The molecule has 0 spiro atoms. The van der Waals surface area contributed by atoms with E-state index in [1.54, 1.807) is 40.4 Å². The first-order valence-corrected chi connectivity index (χ1v) is 24.2. The monoisotopic (exact) mass is 913 g/mol. The molecule has 3 aliphatic heterocycles. The van der Waals surface area contributed by atoms with Crippen molar-refractivity contribution in [2.45, 2.75) is 172 Å². The van der Waals surface area contributed by atoms with Gasteiger partial charge in [-0.25, -0.2) is 4.79 Å². The number of Topliss-reactive ketones (excluding diaryl/α,β-unsaturated/α-hetero) is 1. The molecule has 0 bridgehead atoms. The molecule has 1 aromatic rings. The number of cyclic esters (lactones) is 1. The van der Waals surface area contributed by atoms with Crippen LogP contribution in [0.1, 0.15) is 103 Å². The van der Waals surface area contributed by atoms with E-state index in [-0.39, 0.29) is 79.1 Å². The summed E-state index contributed by atoms with van der Waals surface area (Å²) in [6.45, 7) is 10.0. The summed E-state index contributed by atoms with van der Waals surface area (Å²) in [6, 6.07) is 6.85. The summed E-state index contributed by atoms with van der Waals surface area (Å²) in [5.74, 6) is -2.81. The number of hydrogen-bond acceptors (Lipinski definition) is 15. The molecule has 3 saturated heterocycles. The molecule has 3 heterocycles. The first-order chi connectivity index (χ1) is 31.2. The fourth-order valence-electron chi connectivity index (χ4n) is 12.3. The average molecular weight is 913 g/mol. The summed E-state index contributed by atoms with van der Waals surface area (Å²) in [4.78, 5) is 43.9. The van der Waals surface area contributed by atoms with Gasteiger partial charge in [0, 0.05) is 50.8 Å². The number of anilines is 1. The molecule has 0 aromatic heterocycles. The van der Waals surface area contributed by atoms with E-state index >= 15 is 4.79 Å². The van der Waals surface area contributed by atoms with Crippen LogP contribution in [0, 0.1) is 35.5 Å². The third-order valence-electron chi connectivity index (χ3n) is 15.6. The third kappa shape index (κ3) is 10.7. The van der Waals surface area contributed by atoms with Gasteiger partial charge in [0.15, 0.2) is 18.4 Å². The smallest absolute Gasteiger partial charge is 0.338 e. The van der Waals surface area contributed by atoms with Crippen molar-refractivity contribution in [2.75, 3.05) is 47.3 Å². The first-order valence-electron chi connectivity index (χ1n) is 24.2. The van der Waals surface area contributed by atoms with Gasteiger partial charge < -0.3 is 58.0 Å². The summed E-state index contributed by atoms with van der Waals surface area (Å²) < 4.78 is 55.5.